The number of Topliss-reactive ketones (excluding diaryl/α,β-unsaturated/α-hetero) is 4. The molecule has 2 aromatic rings. The van der Waals surface area contributed by atoms with Crippen molar-refractivity contribution < 1.29 is 39.6 Å². The quantitative estimate of drug-likeness (QED) is 0.272. The van der Waals surface area contributed by atoms with Gasteiger partial charge in [0.1, 0.15) is 22.8 Å². The van der Waals surface area contributed by atoms with Crippen LogP contribution in [0.15, 0.2) is 65.1 Å². The van der Waals surface area contributed by atoms with Crippen LogP contribution in [0.4, 0.5) is 0 Å². The Labute approximate surface area is 244 Å². The van der Waals surface area contributed by atoms with E-state index < -0.39 is 68.6 Å². The van der Waals surface area contributed by atoms with E-state index in [1.807, 2.05) is 0 Å². The second-order valence-electron chi connectivity index (χ2n) is 12.9. The minimum atomic E-state index is -2.72. The van der Waals surface area contributed by atoms with Gasteiger partial charge in [-0.3, -0.25) is 19.2 Å². The molecule has 4 N–H and O–H groups in total. The number of allylic oxidation sites excluding steroid dienone is 2. The smallest absolute Gasteiger partial charge is 0.209 e. The van der Waals surface area contributed by atoms with E-state index in [-0.39, 0.29) is 35.5 Å². The van der Waals surface area contributed by atoms with Crippen LogP contribution in [-0.4, -0.2) is 49.2 Å². The molecule has 0 fully saturated rings. The molecule has 0 radical (unpaired) electrons. The van der Waals surface area contributed by atoms with Gasteiger partial charge in [-0.1, -0.05) is 64.1 Å². The highest BCUT2D eigenvalue weighted by Crippen LogP contribution is 2.68. The van der Waals surface area contributed by atoms with E-state index in [9.17, 15) is 39.6 Å². The van der Waals surface area contributed by atoms with E-state index in [2.05, 4.69) is 0 Å². The number of carbonyl (C=O) groups is 4. The van der Waals surface area contributed by atoms with Gasteiger partial charge < -0.3 is 20.4 Å². The highest BCUT2D eigenvalue weighted by Gasteiger charge is 2.72. The summed E-state index contributed by atoms with van der Waals surface area (Å²) in [5, 5.41) is 46.5. The molecule has 8 heteroatoms. The van der Waals surface area contributed by atoms with Crippen molar-refractivity contribution in [3.05, 3.63) is 87.4 Å². The van der Waals surface area contributed by atoms with E-state index in [1.54, 1.807) is 71.0 Å². The molecule has 220 valence electrons. The highest BCUT2D eigenvalue weighted by molar-refractivity contribution is 6.25. The lowest BCUT2D eigenvalue weighted by Gasteiger charge is -2.61. The lowest BCUT2D eigenvalue weighted by atomic mass is 9.42. The number of aliphatic hydroxyl groups is 3. The second-order valence-corrected chi connectivity index (χ2v) is 12.9. The maximum atomic E-state index is 14.3. The Hall–Kier alpha value is -4.04. The zero-order valence-electron chi connectivity index (χ0n) is 24.6. The third-order valence-electron chi connectivity index (χ3n) is 10.0. The van der Waals surface area contributed by atoms with Crippen LogP contribution in [0.5, 0.6) is 5.75 Å². The molecule has 0 aromatic heterocycles. The predicted octanol–water partition coefficient (Wildman–Crippen LogP) is 5.47. The van der Waals surface area contributed by atoms with Gasteiger partial charge in [0.05, 0.1) is 5.56 Å². The summed E-state index contributed by atoms with van der Waals surface area (Å²) in [5.41, 5.74) is -5.03. The fourth-order valence-corrected chi connectivity index (χ4v) is 8.31. The van der Waals surface area contributed by atoms with E-state index in [1.165, 1.54) is 6.07 Å². The molecule has 5 atom stereocenters. The van der Waals surface area contributed by atoms with Gasteiger partial charge in [0.25, 0.3) is 0 Å². The van der Waals surface area contributed by atoms with Crippen molar-refractivity contribution in [2.75, 3.05) is 0 Å². The molecular weight excluding hydrogens is 536 g/mol. The van der Waals surface area contributed by atoms with Crippen molar-refractivity contribution in [2.45, 2.75) is 65.9 Å². The third kappa shape index (κ3) is 3.63. The maximum Gasteiger partial charge on any atom is 0.209 e. The average molecular weight is 573 g/mol. The minimum absolute atomic E-state index is 0.0905. The summed E-state index contributed by atoms with van der Waals surface area (Å²) in [6, 6.07) is 11.7. The molecule has 0 aliphatic heterocycles. The second kappa shape index (κ2) is 9.49. The van der Waals surface area contributed by atoms with Crippen LogP contribution in [0.2, 0.25) is 0 Å². The van der Waals surface area contributed by atoms with Crippen molar-refractivity contribution in [3.8, 4) is 5.75 Å². The number of fused-ring (bicyclic) bond motifs is 3. The monoisotopic (exact) mass is 572 g/mol. The van der Waals surface area contributed by atoms with Gasteiger partial charge >= 0.3 is 0 Å². The summed E-state index contributed by atoms with van der Waals surface area (Å²) in [6.07, 6.45) is -0.191. The van der Waals surface area contributed by atoms with Crippen LogP contribution in [0.1, 0.15) is 85.2 Å². The Bertz CT molecular complexity index is 1630. The van der Waals surface area contributed by atoms with Crippen molar-refractivity contribution in [1.82, 2.24) is 0 Å². The maximum absolute atomic E-state index is 14.3. The number of rotatable bonds is 5. The summed E-state index contributed by atoms with van der Waals surface area (Å²) in [5.74, 6) is -6.76. The molecular formula is C34H36O8. The fraction of sp³-hybridized carbons (Fsp3) is 0.412. The minimum Gasteiger partial charge on any atom is -0.511 e. The highest BCUT2D eigenvalue weighted by atomic mass is 16.3. The zero-order valence-corrected chi connectivity index (χ0v) is 24.6. The lowest BCUT2D eigenvalue weighted by Crippen LogP contribution is -2.67. The molecule has 0 saturated carbocycles. The standard InChI is InChI=1S/C34H36O8/c1-16(2)26-28(38)24(18(4)35)30(40)34(42)31(41)27-29(39)25-21(36)13-12-17(3)23(25)20(32(27,5)15-33(26,34)6)14-22(37)19-10-8-7-9-11-19/h7-13,16,20,26,36,38,41-42H,14-15H2,1-6H3/t20-,26?,32+,33-,34+/m1/s1. The van der Waals surface area contributed by atoms with Gasteiger partial charge in [-0.15, -0.1) is 0 Å². The number of hydrogen-bond donors (Lipinski definition) is 4. The van der Waals surface area contributed by atoms with Crippen LogP contribution in [0, 0.1) is 29.6 Å². The number of benzene rings is 2. The lowest BCUT2D eigenvalue weighted by molar-refractivity contribution is -0.172. The zero-order chi connectivity index (χ0) is 31.1. The van der Waals surface area contributed by atoms with E-state index >= 15 is 0 Å². The van der Waals surface area contributed by atoms with Crippen molar-refractivity contribution in [3.63, 3.8) is 0 Å². The van der Waals surface area contributed by atoms with Crippen LogP contribution in [-0.2, 0) is 9.59 Å². The van der Waals surface area contributed by atoms with Crippen LogP contribution < -0.4 is 0 Å². The Morgan fingerprint density at radius 2 is 1.62 bits per heavy atom. The molecule has 0 amide bonds. The first kappa shape index (κ1) is 29.5. The number of aromatic hydroxyl groups is 1. The van der Waals surface area contributed by atoms with Gasteiger partial charge in [-0.05, 0) is 43.4 Å². The number of carbonyl (C=O) groups excluding carboxylic acids is 4. The number of phenols is 1. The van der Waals surface area contributed by atoms with Crippen LogP contribution in [0.3, 0.4) is 0 Å². The van der Waals surface area contributed by atoms with E-state index in [0.29, 0.717) is 16.7 Å². The summed E-state index contributed by atoms with van der Waals surface area (Å²) in [6.45, 7) is 9.72. The Kier molecular flexibility index (Phi) is 6.66. The molecule has 0 spiro atoms. The number of ketones is 4. The normalized spacial score (nSPS) is 30.7. The molecule has 3 aliphatic rings. The largest absolute Gasteiger partial charge is 0.511 e. The predicted molar refractivity (Wildman–Crippen MR) is 154 cm³/mol. The van der Waals surface area contributed by atoms with Crippen molar-refractivity contribution in [2.24, 2.45) is 22.7 Å². The molecule has 2 aromatic carbocycles. The molecule has 8 nitrogen and oxygen atoms in total. The Morgan fingerprint density at radius 1 is 1.00 bits per heavy atom. The SMILES string of the molecule is CC(=O)C1=C(O)C(C(C)C)[C@@]2(C)C[C@]3(C)C(=C(O)[C@@]2(O)C1=O)C(=O)c1c(O)ccc(C)c1[C@H]3CC(=O)c1ccccc1. The molecule has 0 bridgehead atoms. The molecule has 0 saturated heterocycles. The fourth-order valence-electron chi connectivity index (χ4n) is 8.31. The molecule has 5 rings (SSSR count). The van der Waals surface area contributed by atoms with Gasteiger partial charge in [-0.25, -0.2) is 0 Å². The van der Waals surface area contributed by atoms with Crippen molar-refractivity contribution in [1.29, 1.82) is 0 Å². The topological polar surface area (TPSA) is 149 Å². The first-order valence-electron chi connectivity index (χ1n) is 14.1. The van der Waals surface area contributed by atoms with E-state index in [4.69, 9.17) is 0 Å². The van der Waals surface area contributed by atoms with Gasteiger partial charge in [0, 0.05) is 40.2 Å². The van der Waals surface area contributed by atoms with E-state index in [0.717, 1.165) is 6.92 Å². The van der Waals surface area contributed by atoms with Crippen molar-refractivity contribution >= 4 is 23.1 Å². The Morgan fingerprint density at radius 3 is 2.19 bits per heavy atom. The first-order chi connectivity index (χ1) is 19.5. The van der Waals surface area contributed by atoms with Crippen LogP contribution in [0.25, 0.3) is 0 Å². The first-order valence-corrected chi connectivity index (χ1v) is 14.1. The summed E-state index contributed by atoms with van der Waals surface area (Å²) >= 11 is 0. The third-order valence-corrected chi connectivity index (χ3v) is 10.0. The number of phenolic OH excluding ortho intramolecular Hbond substituents is 1. The summed E-state index contributed by atoms with van der Waals surface area (Å²) < 4.78 is 0. The number of aliphatic hydroxyl groups excluding tert-OH is 2. The molecule has 3 aliphatic carbocycles. The Balaban J connectivity index is 1.85. The molecule has 0 heterocycles. The summed E-state index contributed by atoms with van der Waals surface area (Å²) in [4.78, 5) is 54.5. The molecule has 1 unspecified atom stereocenters. The number of aryl methyl sites for hydroxylation is 1. The van der Waals surface area contributed by atoms with Gasteiger partial charge in [0.2, 0.25) is 5.78 Å². The summed E-state index contributed by atoms with van der Waals surface area (Å²) in [7, 11) is 0. The van der Waals surface area contributed by atoms with Gasteiger partial charge in [0.15, 0.2) is 23.0 Å². The molecule has 42 heavy (non-hydrogen) atoms. The van der Waals surface area contributed by atoms with Crippen LogP contribution >= 0.6 is 0 Å². The average Bonchev–Trinajstić information content (AvgIpc) is 2.90. The van der Waals surface area contributed by atoms with Gasteiger partial charge in [-0.2, -0.15) is 0 Å². The number of hydrogen-bond acceptors (Lipinski definition) is 8.